The average Bonchev–Trinajstić information content (AvgIpc) is 3.64. The minimum absolute atomic E-state index is 0.0395. The number of aromatic nitrogens is 4. The number of nitrogens with zero attached hydrogens (tertiary/aromatic N) is 5. The van der Waals surface area contributed by atoms with Crippen LogP contribution in [-0.4, -0.2) is 19.1 Å². The molecule has 0 spiro atoms. The lowest BCUT2D eigenvalue weighted by Gasteiger charge is -2.20. The third kappa shape index (κ3) is 5.03. The molecule has 0 saturated carbocycles. The molecule has 3 heterocycles. The molecule has 0 fully saturated rings. The first kappa shape index (κ1) is 28.1. The van der Waals surface area contributed by atoms with Crippen molar-refractivity contribution in [2.45, 2.75) is 40.0 Å². The lowest BCUT2D eigenvalue weighted by atomic mass is 9.88. The summed E-state index contributed by atoms with van der Waals surface area (Å²) in [6.45, 7) is 10.8. The van der Waals surface area contributed by atoms with Gasteiger partial charge in [-0.15, -0.1) is 0 Å². The van der Waals surface area contributed by atoms with Gasteiger partial charge in [0.15, 0.2) is 0 Å². The van der Waals surface area contributed by atoms with Gasteiger partial charge in [0.25, 0.3) is 0 Å². The summed E-state index contributed by atoms with van der Waals surface area (Å²) in [6, 6.07) is 32.7. The molecule has 6 nitrogen and oxygen atoms in total. The molecule has 6 heteroatoms. The van der Waals surface area contributed by atoms with Crippen LogP contribution >= 0.6 is 0 Å². The van der Waals surface area contributed by atoms with Crippen molar-refractivity contribution in [3.63, 3.8) is 0 Å². The Morgan fingerprint density at radius 3 is 2.31 bits per heavy atom. The number of fused-ring (bicyclic) bond motifs is 3. The maximum atomic E-state index is 9.98. The number of imidazole rings is 1. The molecular weight excluding hydrogens is 554 g/mol. The highest BCUT2D eigenvalue weighted by molar-refractivity contribution is 6.12. The molecule has 220 valence electrons. The highest BCUT2D eigenvalue weighted by atomic mass is 16.5. The Hall–Kier alpha value is -5.67. The van der Waals surface area contributed by atoms with Crippen molar-refractivity contribution in [1.82, 2.24) is 19.1 Å². The quantitative estimate of drug-likeness (QED) is 0.201. The van der Waals surface area contributed by atoms with E-state index in [-0.39, 0.29) is 5.41 Å². The lowest BCUT2D eigenvalue weighted by molar-refractivity contribution is 0.483. The number of benzene rings is 4. The zero-order chi connectivity index (χ0) is 31.3. The minimum atomic E-state index is -0.0395. The molecule has 0 aliphatic carbocycles. The average molecular weight is 588 g/mol. The predicted octanol–water partition coefficient (Wildman–Crippen LogP) is 9.61. The molecule has 0 atom stereocenters. The van der Waals surface area contributed by atoms with E-state index in [2.05, 4.69) is 86.4 Å². The van der Waals surface area contributed by atoms with Crippen molar-refractivity contribution < 1.29 is 4.74 Å². The summed E-state index contributed by atoms with van der Waals surface area (Å²) in [4.78, 5) is 9.49. The second-order valence-electron chi connectivity index (χ2n) is 12.5. The van der Waals surface area contributed by atoms with Crippen LogP contribution in [0.15, 0.2) is 110 Å². The molecule has 0 amide bonds. The Kier molecular flexibility index (Phi) is 6.75. The largest absolute Gasteiger partial charge is 0.457 e. The molecule has 0 bridgehead atoms. The standard InChI is InChI=1S/C39H33N5O/c1-25-9-6-10-26(2)38(25)43-23-33(42-24-43)27-11-7-13-30(19-27)45-31-15-16-32-35(21-31)44(34-14-8-12-28(22-40)37(32)34)36-20-29(17-18-41-36)39(3,4)5/h6-21,23-24H,1-5H3. The van der Waals surface area contributed by atoms with Gasteiger partial charge in [-0.2, -0.15) is 5.26 Å². The van der Waals surface area contributed by atoms with E-state index in [9.17, 15) is 5.26 Å². The van der Waals surface area contributed by atoms with Crippen molar-refractivity contribution in [3.05, 3.63) is 132 Å². The molecule has 0 radical (unpaired) electrons. The fourth-order valence-corrected chi connectivity index (χ4v) is 6.12. The molecule has 0 saturated heterocycles. The normalized spacial score (nSPS) is 11.6. The topological polar surface area (TPSA) is 68.7 Å². The Labute approximate surface area is 262 Å². The zero-order valence-corrected chi connectivity index (χ0v) is 26.0. The third-order valence-corrected chi connectivity index (χ3v) is 8.37. The van der Waals surface area contributed by atoms with Crippen LogP contribution in [0.5, 0.6) is 11.5 Å². The number of hydrogen-bond acceptors (Lipinski definition) is 4. The molecule has 7 rings (SSSR count). The van der Waals surface area contributed by atoms with E-state index in [1.165, 1.54) is 16.7 Å². The molecule has 0 unspecified atom stereocenters. The summed E-state index contributed by atoms with van der Waals surface area (Å²) in [6.07, 6.45) is 5.78. The van der Waals surface area contributed by atoms with Gasteiger partial charge in [-0.25, -0.2) is 9.97 Å². The van der Waals surface area contributed by atoms with Gasteiger partial charge < -0.3 is 9.30 Å². The molecule has 3 aromatic heterocycles. The number of ether oxygens (including phenoxy) is 1. The van der Waals surface area contributed by atoms with E-state index in [4.69, 9.17) is 14.7 Å². The predicted molar refractivity (Wildman–Crippen MR) is 181 cm³/mol. The van der Waals surface area contributed by atoms with Crippen LogP contribution in [0.2, 0.25) is 0 Å². The van der Waals surface area contributed by atoms with Crippen molar-refractivity contribution in [2.75, 3.05) is 0 Å². The summed E-state index contributed by atoms with van der Waals surface area (Å²) >= 11 is 0. The van der Waals surface area contributed by atoms with Crippen LogP contribution in [0.3, 0.4) is 0 Å². The number of hydrogen-bond donors (Lipinski definition) is 0. The number of para-hydroxylation sites is 1. The summed E-state index contributed by atoms with van der Waals surface area (Å²) in [7, 11) is 0. The van der Waals surface area contributed by atoms with Gasteiger partial charge in [0.1, 0.15) is 17.3 Å². The van der Waals surface area contributed by atoms with Gasteiger partial charge in [-0.3, -0.25) is 4.57 Å². The third-order valence-electron chi connectivity index (χ3n) is 8.37. The van der Waals surface area contributed by atoms with E-state index in [1.807, 2.05) is 73.2 Å². The van der Waals surface area contributed by atoms with Crippen LogP contribution in [0, 0.1) is 25.2 Å². The van der Waals surface area contributed by atoms with E-state index < -0.39 is 0 Å². The second-order valence-corrected chi connectivity index (χ2v) is 12.5. The van der Waals surface area contributed by atoms with Crippen molar-refractivity contribution in [2.24, 2.45) is 0 Å². The molecule has 0 aliphatic rings. The first-order valence-electron chi connectivity index (χ1n) is 15.0. The summed E-state index contributed by atoms with van der Waals surface area (Å²) < 4.78 is 10.7. The van der Waals surface area contributed by atoms with Crippen molar-refractivity contribution in [3.8, 4) is 40.3 Å². The molecule has 0 aliphatic heterocycles. The van der Waals surface area contributed by atoms with Gasteiger partial charge in [0, 0.05) is 34.8 Å². The highest BCUT2D eigenvalue weighted by Gasteiger charge is 2.20. The van der Waals surface area contributed by atoms with Gasteiger partial charge >= 0.3 is 0 Å². The Morgan fingerprint density at radius 1 is 0.778 bits per heavy atom. The van der Waals surface area contributed by atoms with Crippen LogP contribution in [0.4, 0.5) is 0 Å². The Balaban J connectivity index is 1.30. The van der Waals surface area contributed by atoms with Gasteiger partial charge in [-0.05, 0) is 84.5 Å². The maximum absolute atomic E-state index is 9.98. The molecule has 4 aromatic carbocycles. The lowest BCUT2D eigenvalue weighted by Crippen LogP contribution is -2.12. The summed E-state index contributed by atoms with van der Waals surface area (Å²) in [5.41, 5.74) is 9.01. The fraction of sp³-hybridized carbons (Fsp3) is 0.154. The number of nitriles is 1. The van der Waals surface area contributed by atoms with Crippen LogP contribution in [0.25, 0.3) is 44.6 Å². The van der Waals surface area contributed by atoms with E-state index in [0.29, 0.717) is 17.1 Å². The van der Waals surface area contributed by atoms with Crippen LogP contribution < -0.4 is 4.74 Å². The number of rotatable bonds is 5. The monoisotopic (exact) mass is 587 g/mol. The first-order valence-corrected chi connectivity index (χ1v) is 15.0. The van der Waals surface area contributed by atoms with Gasteiger partial charge in [0.2, 0.25) is 0 Å². The first-order chi connectivity index (χ1) is 21.7. The summed E-state index contributed by atoms with van der Waals surface area (Å²) in [5.74, 6) is 2.20. The van der Waals surface area contributed by atoms with Gasteiger partial charge in [0.05, 0.1) is 40.4 Å². The smallest absolute Gasteiger partial charge is 0.137 e. The van der Waals surface area contributed by atoms with Crippen LogP contribution in [0.1, 0.15) is 43.0 Å². The van der Waals surface area contributed by atoms with Gasteiger partial charge in [-0.1, -0.05) is 57.2 Å². The SMILES string of the molecule is Cc1cccc(C)c1-n1cnc(-c2cccc(Oc3ccc4c5c(C#N)cccc5n(-c5cc(C(C)(C)C)ccn5)c4c3)c2)c1. The van der Waals surface area contributed by atoms with E-state index >= 15 is 0 Å². The van der Waals surface area contributed by atoms with Crippen molar-refractivity contribution in [1.29, 1.82) is 5.26 Å². The number of aryl methyl sites for hydroxylation is 2. The second kappa shape index (κ2) is 10.8. The van der Waals surface area contributed by atoms with Crippen LogP contribution in [-0.2, 0) is 5.41 Å². The van der Waals surface area contributed by atoms with Crippen molar-refractivity contribution >= 4 is 21.8 Å². The number of pyridine rings is 1. The summed E-state index contributed by atoms with van der Waals surface area (Å²) in [5, 5.41) is 11.9. The van der Waals surface area contributed by atoms with E-state index in [0.717, 1.165) is 44.6 Å². The highest BCUT2D eigenvalue weighted by Crippen LogP contribution is 2.37. The fourth-order valence-electron chi connectivity index (χ4n) is 6.12. The molecule has 0 N–H and O–H groups in total. The zero-order valence-electron chi connectivity index (χ0n) is 26.0. The molecule has 7 aromatic rings. The maximum Gasteiger partial charge on any atom is 0.137 e. The molecular formula is C39H33N5O. The Morgan fingerprint density at radius 2 is 1.53 bits per heavy atom. The molecule has 45 heavy (non-hydrogen) atoms. The Bertz CT molecular complexity index is 2260. The van der Waals surface area contributed by atoms with E-state index in [1.54, 1.807) is 0 Å². The minimum Gasteiger partial charge on any atom is -0.457 e.